The number of rotatable bonds is 4. The molecule has 1 saturated heterocycles. The van der Waals surface area contributed by atoms with Gasteiger partial charge in [-0.2, -0.15) is 0 Å². The molecular weight excluding hydrogens is 200 g/mol. The quantitative estimate of drug-likeness (QED) is 0.743. The van der Waals surface area contributed by atoms with Crippen molar-refractivity contribution in [3.63, 3.8) is 0 Å². The zero-order valence-electron chi connectivity index (χ0n) is 9.36. The van der Waals surface area contributed by atoms with E-state index in [-0.39, 0.29) is 6.04 Å². The summed E-state index contributed by atoms with van der Waals surface area (Å²) in [5, 5.41) is 6.73. The minimum absolute atomic E-state index is 0.0646. The molecule has 0 unspecified atom stereocenters. The van der Waals surface area contributed by atoms with E-state index in [2.05, 4.69) is 34.9 Å². The third-order valence-corrected chi connectivity index (χ3v) is 3.05. The molecule has 2 N–H and O–H groups in total. The van der Waals surface area contributed by atoms with E-state index >= 15 is 0 Å². The second-order valence-electron chi connectivity index (χ2n) is 4.29. The Kier molecular flexibility index (Phi) is 4.08. The largest absolute Gasteiger partial charge is 0.309 e. The van der Waals surface area contributed by atoms with Gasteiger partial charge in [0.05, 0.1) is 6.04 Å². The fourth-order valence-corrected chi connectivity index (χ4v) is 2.03. The normalized spacial score (nSPS) is 25.2. The number of benzene rings is 1. The van der Waals surface area contributed by atoms with Crippen LogP contribution in [-0.2, 0) is 11.3 Å². The summed E-state index contributed by atoms with van der Waals surface area (Å²) in [5.74, 6) is 0. The predicted molar refractivity (Wildman–Crippen MR) is 64.2 cm³/mol. The molecule has 0 radical (unpaired) electrons. The molecule has 1 aromatic rings. The van der Waals surface area contributed by atoms with Crippen LogP contribution in [0.5, 0.6) is 0 Å². The van der Waals surface area contributed by atoms with Crippen molar-refractivity contribution in [2.45, 2.75) is 31.5 Å². The Balaban J connectivity index is 1.73. The minimum atomic E-state index is 0.0646. The van der Waals surface area contributed by atoms with E-state index in [1.54, 1.807) is 0 Å². The number of hydrogen-bond donors (Lipinski definition) is 2. The Labute approximate surface area is 96.2 Å². The van der Waals surface area contributed by atoms with Gasteiger partial charge in [0.15, 0.2) is 0 Å². The van der Waals surface area contributed by atoms with Gasteiger partial charge in [0.1, 0.15) is 6.29 Å². The van der Waals surface area contributed by atoms with Gasteiger partial charge in [-0.1, -0.05) is 30.3 Å². The first kappa shape index (κ1) is 11.3. The number of hydrogen-bond acceptors (Lipinski definition) is 3. The molecule has 0 amide bonds. The third-order valence-electron chi connectivity index (χ3n) is 3.05. The summed E-state index contributed by atoms with van der Waals surface area (Å²) in [6, 6.07) is 10.9. The van der Waals surface area contributed by atoms with Crippen molar-refractivity contribution in [3.8, 4) is 0 Å². The Bertz CT molecular complexity index is 318. The minimum Gasteiger partial charge on any atom is -0.309 e. The van der Waals surface area contributed by atoms with E-state index in [1.165, 1.54) is 5.56 Å². The zero-order chi connectivity index (χ0) is 11.2. The van der Waals surface area contributed by atoms with Gasteiger partial charge in [0.25, 0.3) is 0 Å². The van der Waals surface area contributed by atoms with Crippen LogP contribution in [0.15, 0.2) is 30.3 Å². The van der Waals surface area contributed by atoms with Gasteiger partial charge < -0.3 is 15.4 Å². The number of carbonyl (C=O) groups is 1. The van der Waals surface area contributed by atoms with Crippen molar-refractivity contribution in [2.24, 2.45) is 0 Å². The number of aldehydes is 1. The molecule has 1 aromatic carbocycles. The Morgan fingerprint density at radius 3 is 2.75 bits per heavy atom. The van der Waals surface area contributed by atoms with Gasteiger partial charge >= 0.3 is 0 Å². The van der Waals surface area contributed by atoms with Gasteiger partial charge in [-0.3, -0.25) is 0 Å². The van der Waals surface area contributed by atoms with Crippen LogP contribution in [0.1, 0.15) is 18.4 Å². The number of nitrogens with one attached hydrogen (secondary N) is 2. The van der Waals surface area contributed by atoms with Gasteiger partial charge in [-0.05, 0) is 18.4 Å². The molecule has 16 heavy (non-hydrogen) atoms. The van der Waals surface area contributed by atoms with E-state index in [4.69, 9.17) is 0 Å². The smallest absolute Gasteiger partial charge is 0.136 e. The van der Waals surface area contributed by atoms with Crippen molar-refractivity contribution >= 4 is 6.29 Å². The molecule has 1 fully saturated rings. The molecule has 0 saturated carbocycles. The number of carbonyl (C=O) groups excluding carboxylic acids is 1. The Morgan fingerprint density at radius 2 is 2.12 bits per heavy atom. The molecule has 86 valence electrons. The lowest BCUT2D eigenvalue weighted by Gasteiger charge is -2.27. The summed E-state index contributed by atoms with van der Waals surface area (Å²) in [4.78, 5) is 10.6. The van der Waals surface area contributed by atoms with Crippen molar-refractivity contribution in [1.29, 1.82) is 0 Å². The maximum absolute atomic E-state index is 10.6. The van der Waals surface area contributed by atoms with Crippen molar-refractivity contribution in [2.75, 3.05) is 6.54 Å². The average molecular weight is 218 g/mol. The summed E-state index contributed by atoms with van der Waals surface area (Å²) in [5.41, 5.74) is 1.31. The summed E-state index contributed by atoms with van der Waals surface area (Å²) >= 11 is 0. The zero-order valence-corrected chi connectivity index (χ0v) is 9.36. The standard InChI is InChI=1S/C13H18N2O/c16-10-13-7-6-12(9-15-13)14-8-11-4-2-1-3-5-11/h1-5,10,12-15H,6-9H2/t12-,13+/m1/s1. The van der Waals surface area contributed by atoms with E-state index < -0.39 is 0 Å². The van der Waals surface area contributed by atoms with Crippen LogP contribution in [0.3, 0.4) is 0 Å². The van der Waals surface area contributed by atoms with Crippen LogP contribution >= 0.6 is 0 Å². The second kappa shape index (κ2) is 5.77. The van der Waals surface area contributed by atoms with Gasteiger partial charge in [-0.15, -0.1) is 0 Å². The van der Waals surface area contributed by atoms with E-state index in [0.29, 0.717) is 6.04 Å². The fraction of sp³-hybridized carbons (Fsp3) is 0.462. The lowest BCUT2D eigenvalue weighted by atomic mass is 10.0. The Morgan fingerprint density at radius 1 is 1.31 bits per heavy atom. The van der Waals surface area contributed by atoms with Crippen LogP contribution in [0, 0.1) is 0 Å². The Hall–Kier alpha value is -1.19. The van der Waals surface area contributed by atoms with E-state index in [1.807, 2.05) is 6.07 Å². The maximum atomic E-state index is 10.6. The second-order valence-corrected chi connectivity index (χ2v) is 4.29. The molecule has 2 atom stereocenters. The van der Waals surface area contributed by atoms with Crippen LogP contribution in [0.25, 0.3) is 0 Å². The molecule has 3 heteroatoms. The summed E-state index contributed by atoms with van der Waals surface area (Å²) in [7, 11) is 0. The number of piperidine rings is 1. The predicted octanol–water partition coefficient (Wildman–Crippen LogP) is 1.10. The first-order chi connectivity index (χ1) is 7.88. The summed E-state index contributed by atoms with van der Waals surface area (Å²) < 4.78 is 0. The highest BCUT2D eigenvalue weighted by atomic mass is 16.1. The molecule has 0 aliphatic carbocycles. The van der Waals surface area contributed by atoms with E-state index in [9.17, 15) is 4.79 Å². The average Bonchev–Trinajstić information content (AvgIpc) is 2.38. The molecule has 1 heterocycles. The van der Waals surface area contributed by atoms with Gasteiger partial charge in [-0.25, -0.2) is 0 Å². The molecule has 1 aliphatic rings. The van der Waals surface area contributed by atoms with E-state index in [0.717, 1.165) is 32.2 Å². The SMILES string of the molecule is O=C[C@@H]1CC[C@@H](NCc2ccccc2)CN1. The summed E-state index contributed by atoms with van der Waals surface area (Å²) in [6.07, 6.45) is 3.02. The fourth-order valence-electron chi connectivity index (χ4n) is 2.03. The third kappa shape index (κ3) is 3.15. The lowest BCUT2D eigenvalue weighted by molar-refractivity contribution is -0.110. The van der Waals surface area contributed by atoms with Crippen LogP contribution in [0.4, 0.5) is 0 Å². The van der Waals surface area contributed by atoms with Crippen LogP contribution in [0.2, 0.25) is 0 Å². The van der Waals surface area contributed by atoms with Gasteiger partial charge in [0, 0.05) is 19.1 Å². The molecular formula is C13H18N2O. The van der Waals surface area contributed by atoms with Crippen molar-refractivity contribution in [3.05, 3.63) is 35.9 Å². The molecule has 0 aromatic heterocycles. The molecule has 3 nitrogen and oxygen atoms in total. The highest BCUT2D eigenvalue weighted by molar-refractivity contribution is 5.57. The lowest BCUT2D eigenvalue weighted by Crippen LogP contribution is -2.48. The highest BCUT2D eigenvalue weighted by Crippen LogP contribution is 2.07. The molecule has 0 spiro atoms. The van der Waals surface area contributed by atoms with Crippen molar-refractivity contribution < 1.29 is 4.79 Å². The first-order valence-electron chi connectivity index (χ1n) is 5.84. The molecule has 1 aliphatic heterocycles. The van der Waals surface area contributed by atoms with Crippen LogP contribution < -0.4 is 10.6 Å². The topological polar surface area (TPSA) is 41.1 Å². The van der Waals surface area contributed by atoms with Crippen molar-refractivity contribution in [1.82, 2.24) is 10.6 Å². The van der Waals surface area contributed by atoms with Gasteiger partial charge in [0.2, 0.25) is 0 Å². The molecule has 0 bridgehead atoms. The maximum Gasteiger partial charge on any atom is 0.136 e. The van der Waals surface area contributed by atoms with Crippen LogP contribution in [-0.4, -0.2) is 24.9 Å². The first-order valence-corrected chi connectivity index (χ1v) is 5.84. The molecule has 2 rings (SSSR count). The summed E-state index contributed by atoms with van der Waals surface area (Å²) in [6.45, 7) is 1.79. The highest BCUT2D eigenvalue weighted by Gasteiger charge is 2.18. The monoisotopic (exact) mass is 218 g/mol.